The van der Waals surface area contributed by atoms with Crippen LogP contribution in [0.1, 0.15) is 53.4 Å². The van der Waals surface area contributed by atoms with E-state index in [2.05, 4.69) is 41.0 Å². The van der Waals surface area contributed by atoms with Gasteiger partial charge in [-0.05, 0) is 61.6 Å². The molecule has 2 saturated heterocycles. The first-order chi connectivity index (χ1) is 7.43. The predicted octanol–water partition coefficient (Wildman–Crippen LogP) is 5.34. The maximum Gasteiger partial charge on any atom is -0.0237 e. The Hall–Kier alpha value is 0.860. The summed E-state index contributed by atoms with van der Waals surface area (Å²) in [6.45, 7) is 14.5. The first-order valence-electron chi connectivity index (χ1n) is 6.87. The van der Waals surface area contributed by atoms with Gasteiger partial charge in [-0.3, -0.25) is 0 Å². The average molecular weight is 260 g/mol. The van der Waals surface area contributed by atoms with E-state index in [1.54, 1.807) is 0 Å². The first kappa shape index (κ1) is 14.9. The summed E-state index contributed by atoms with van der Waals surface area (Å²) in [4.78, 5) is 0. The molecular weight excluding hydrogens is 230 g/mol. The molecule has 0 aromatic rings. The highest BCUT2D eigenvalue weighted by atomic mass is 31.1. The lowest BCUT2D eigenvalue weighted by molar-refractivity contribution is 0.777. The number of rotatable bonds is 0. The molecule has 0 saturated carbocycles. The molecule has 0 radical (unpaired) electrons. The Kier molecular flexibility index (Phi) is 6.25. The largest absolute Gasteiger partial charge is 0.104 e. The lowest BCUT2D eigenvalue weighted by atomic mass is 10.2. The number of hydrogen-bond donors (Lipinski definition) is 0. The van der Waals surface area contributed by atoms with Gasteiger partial charge in [-0.1, -0.05) is 27.7 Å². The molecule has 0 amide bonds. The molecule has 0 aromatic heterocycles. The van der Waals surface area contributed by atoms with Crippen molar-refractivity contribution >= 4 is 15.8 Å². The van der Waals surface area contributed by atoms with Gasteiger partial charge in [-0.25, -0.2) is 0 Å². The van der Waals surface area contributed by atoms with Gasteiger partial charge in [0.1, 0.15) is 0 Å². The zero-order chi connectivity index (χ0) is 12.3. The van der Waals surface area contributed by atoms with Crippen LogP contribution >= 0.6 is 15.8 Å². The molecular formula is C14H30P2. The van der Waals surface area contributed by atoms with Gasteiger partial charge >= 0.3 is 0 Å². The lowest BCUT2D eigenvalue weighted by Gasteiger charge is -2.13. The van der Waals surface area contributed by atoms with E-state index in [9.17, 15) is 0 Å². The normalized spacial score (nSPS) is 47.6. The van der Waals surface area contributed by atoms with Crippen molar-refractivity contribution in [3.05, 3.63) is 0 Å². The quantitative estimate of drug-likeness (QED) is 0.516. The standard InChI is InChI=1S/2C7H15P/c2*1-6-4-5-7(2)8(6)3/h2*6-7H,4-5H2,1-3H3. The Labute approximate surface area is 105 Å². The van der Waals surface area contributed by atoms with Gasteiger partial charge in [0.05, 0.1) is 0 Å². The third-order valence-electron chi connectivity index (χ3n) is 4.79. The van der Waals surface area contributed by atoms with Gasteiger partial charge in [0.15, 0.2) is 0 Å². The smallest absolute Gasteiger partial charge is 0.0237 e. The van der Waals surface area contributed by atoms with Crippen LogP contribution in [0, 0.1) is 0 Å². The minimum absolute atomic E-state index is 0.413. The second-order valence-corrected chi connectivity index (χ2v) is 12.1. The van der Waals surface area contributed by atoms with E-state index in [-0.39, 0.29) is 0 Å². The van der Waals surface area contributed by atoms with Crippen LogP contribution in [-0.2, 0) is 0 Å². The fraction of sp³-hybridized carbons (Fsp3) is 1.00. The van der Waals surface area contributed by atoms with Crippen LogP contribution < -0.4 is 0 Å². The molecule has 0 aromatic carbocycles. The van der Waals surface area contributed by atoms with Gasteiger partial charge in [-0.2, -0.15) is 0 Å². The monoisotopic (exact) mass is 260 g/mol. The average Bonchev–Trinajstić information content (AvgIpc) is 2.70. The molecule has 2 heterocycles. The van der Waals surface area contributed by atoms with Crippen molar-refractivity contribution < 1.29 is 0 Å². The predicted molar refractivity (Wildman–Crippen MR) is 82.0 cm³/mol. The molecule has 2 rings (SSSR count). The van der Waals surface area contributed by atoms with Crippen LogP contribution in [0.5, 0.6) is 0 Å². The highest BCUT2D eigenvalue weighted by Crippen LogP contribution is 2.52. The topological polar surface area (TPSA) is 0 Å². The molecule has 4 atom stereocenters. The van der Waals surface area contributed by atoms with Crippen LogP contribution in [0.4, 0.5) is 0 Å². The highest BCUT2D eigenvalue weighted by Gasteiger charge is 2.25. The summed E-state index contributed by atoms with van der Waals surface area (Å²) in [5.41, 5.74) is 4.22. The molecule has 2 fully saturated rings. The molecule has 0 nitrogen and oxygen atoms in total. The fourth-order valence-electron chi connectivity index (χ4n) is 2.65. The summed E-state index contributed by atoms with van der Waals surface area (Å²) < 4.78 is 0. The van der Waals surface area contributed by atoms with E-state index >= 15 is 0 Å². The maximum absolute atomic E-state index is 2.44. The van der Waals surface area contributed by atoms with E-state index in [1.165, 1.54) is 25.7 Å². The van der Waals surface area contributed by atoms with Crippen LogP contribution in [-0.4, -0.2) is 36.0 Å². The molecule has 2 aliphatic heterocycles. The third kappa shape index (κ3) is 3.96. The van der Waals surface area contributed by atoms with Gasteiger partial charge in [0, 0.05) is 0 Å². The molecule has 16 heavy (non-hydrogen) atoms. The van der Waals surface area contributed by atoms with Crippen molar-refractivity contribution in [1.29, 1.82) is 0 Å². The van der Waals surface area contributed by atoms with Gasteiger partial charge in [-0.15, -0.1) is 15.8 Å². The number of hydrogen-bond acceptors (Lipinski definition) is 0. The molecule has 4 unspecified atom stereocenters. The Morgan fingerprint density at radius 2 is 0.750 bits per heavy atom. The molecule has 96 valence electrons. The summed E-state index contributed by atoms with van der Waals surface area (Å²) in [5, 5.41) is 0. The van der Waals surface area contributed by atoms with E-state index in [4.69, 9.17) is 0 Å². The van der Waals surface area contributed by atoms with Crippen LogP contribution in [0.25, 0.3) is 0 Å². The van der Waals surface area contributed by atoms with Crippen molar-refractivity contribution in [3.8, 4) is 0 Å². The molecule has 0 spiro atoms. The van der Waals surface area contributed by atoms with E-state index in [0.717, 1.165) is 22.6 Å². The van der Waals surface area contributed by atoms with Gasteiger partial charge in [0.25, 0.3) is 0 Å². The summed E-state index contributed by atoms with van der Waals surface area (Å²) in [5.74, 6) is 0. The zero-order valence-electron chi connectivity index (χ0n) is 12.0. The molecule has 0 aliphatic carbocycles. The van der Waals surface area contributed by atoms with Crippen molar-refractivity contribution in [1.82, 2.24) is 0 Å². The third-order valence-corrected chi connectivity index (χ3v) is 11.4. The Balaban J connectivity index is 0.000000160. The Morgan fingerprint density at radius 1 is 0.562 bits per heavy atom. The summed E-state index contributed by atoms with van der Waals surface area (Å²) >= 11 is 0. The van der Waals surface area contributed by atoms with Crippen molar-refractivity contribution in [2.45, 2.75) is 76.0 Å². The maximum atomic E-state index is 2.44. The lowest BCUT2D eigenvalue weighted by Crippen LogP contribution is -1.92. The van der Waals surface area contributed by atoms with Gasteiger partial charge in [0.2, 0.25) is 0 Å². The highest BCUT2D eigenvalue weighted by molar-refractivity contribution is 7.58. The molecule has 2 heteroatoms. The first-order valence-corrected chi connectivity index (χ1v) is 10.7. The molecule has 0 bridgehead atoms. The van der Waals surface area contributed by atoms with Crippen molar-refractivity contribution in [2.24, 2.45) is 0 Å². The minimum Gasteiger partial charge on any atom is -0.104 e. The molecule has 0 N–H and O–H groups in total. The Morgan fingerprint density at radius 3 is 0.812 bits per heavy atom. The summed E-state index contributed by atoms with van der Waals surface area (Å²) in [6, 6.07) is 0. The minimum atomic E-state index is 0.413. The van der Waals surface area contributed by atoms with E-state index in [1.807, 2.05) is 0 Å². The zero-order valence-corrected chi connectivity index (χ0v) is 13.8. The van der Waals surface area contributed by atoms with Crippen molar-refractivity contribution in [2.75, 3.05) is 13.3 Å². The van der Waals surface area contributed by atoms with Crippen LogP contribution in [0.3, 0.4) is 0 Å². The van der Waals surface area contributed by atoms with Crippen LogP contribution in [0.15, 0.2) is 0 Å². The second-order valence-electron chi connectivity index (χ2n) is 5.88. The Bertz CT molecular complexity index is 163. The fourth-order valence-corrected chi connectivity index (χ4v) is 6.61. The van der Waals surface area contributed by atoms with Crippen LogP contribution in [0.2, 0.25) is 0 Å². The summed E-state index contributed by atoms with van der Waals surface area (Å²) in [7, 11) is 0.825. The van der Waals surface area contributed by atoms with E-state index < -0.39 is 0 Å². The second kappa shape index (κ2) is 6.70. The molecule has 2 aliphatic rings. The van der Waals surface area contributed by atoms with Gasteiger partial charge < -0.3 is 0 Å². The van der Waals surface area contributed by atoms with Crippen molar-refractivity contribution in [3.63, 3.8) is 0 Å². The SMILES string of the molecule is CC1CCC(C)P1C.CC1CCC(C)P1C. The van der Waals surface area contributed by atoms with E-state index in [0.29, 0.717) is 15.8 Å². The summed E-state index contributed by atoms with van der Waals surface area (Å²) in [6.07, 6.45) is 5.96.